The van der Waals surface area contributed by atoms with Crippen molar-refractivity contribution in [2.45, 2.75) is 12.5 Å². The average molecular weight is 365 g/mol. The van der Waals surface area contributed by atoms with Gasteiger partial charge in [0.15, 0.2) is 0 Å². The van der Waals surface area contributed by atoms with Crippen LogP contribution in [0.5, 0.6) is 0 Å². The molecule has 2 heterocycles. The maximum absolute atomic E-state index is 12.8. The van der Waals surface area contributed by atoms with Crippen molar-refractivity contribution >= 4 is 17.4 Å². The molecule has 1 amide bonds. The zero-order valence-electron chi connectivity index (χ0n) is 15.5. The van der Waals surface area contributed by atoms with E-state index < -0.39 is 17.7 Å². The lowest BCUT2D eigenvalue weighted by molar-refractivity contribution is -0.139. The molecule has 1 aromatic carbocycles. The molecule has 1 atom stereocenters. The summed E-state index contributed by atoms with van der Waals surface area (Å²) < 4.78 is 0. The van der Waals surface area contributed by atoms with E-state index in [1.165, 1.54) is 4.90 Å². The number of aliphatic hydroxyl groups excluding tert-OH is 1. The molecule has 1 aromatic heterocycles. The molecule has 1 saturated heterocycles. The summed E-state index contributed by atoms with van der Waals surface area (Å²) in [6.45, 7) is 1.22. The lowest BCUT2D eigenvalue weighted by atomic mass is 9.96. The number of ketones is 1. The normalized spacial score (nSPS) is 19.1. The summed E-state index contributed by atoms with van der Waals surface area (Å²) in [5.41, 5.74) is 1.33. The number of carbonyl (C=O) groups is 2. The Morgan fingerprint density at radius 1 is 1.15 bits per heavy atom. The van der Waals surface area contributed by atoms with Gasteiger partial charge in [0, 0.05) is 24.5 Å². The molecule has 6 heteroatoms. The first kappa shape index (κ1) is 18.8. The average Bonchev–Trinajstić information content (AvgIpc) is 2.93. The number of amides is 1. The summed E-state index contributed by atoms with van der Waals surface area (Å²) in [5.74, 6) is -1.40. The van der Waals surface area contributed by atoms with E-state index in [0.29, 0.717) is 17.7 Å². The van der Waals surface area contributed by atoms with Crippen LogP contribution >= 0.6 is 0 Å². The number of aromatic nitrogens is 1. The second-order valence-electron chi connectivity index (χ2n) is 6.80. The molecule has 0 spiro atoms. The number of Topliss-reactive ketones (excluding diaryl/α,β-unsaturated/α-hetero) is 1. The van der Waals surface area contributed by atoms with Crippen molar-refractivity contribution in [3.8, 4) is 0 Å². The van der Waals surface area contributed by atoms with Gasteiger partial charge in [-0.25, -0.2) is 0 Å². The van der Waals surface area contributed by atoms with E-state index in [9.17, 15) is 14.7 Å². The zero-order valence-corrected chi connectivity index (χ0v) is 15.5. The molecule has 1 aliphatic heterocycles. The highest BCUT2D eigenvalue weighted by Gasteiger charge is 2.45. The number of hydrogen-bond acceptors (Lipinski definition) is 5. The monoisotopic (exact) mass is 365 g/mol. The molecule has 1 N–H and O–H groups in total. The fraction of sp³-hybridized carbons (Fsp3) is 0.286. The molecular weight excluding hydrogens is 342 g/mol. The van der Waals surface area contributed by atoms with Crippen LogP contribution in [0.1, 0.15) is 23.6 Å². The largest absolute Gasteiger partial charge is 0.507 e. The summed E-state index contributed by atoms with van der Waals surface area (Å²) in [7, 11) is 3.92. The molecular formula is C21H23N3O3. The Bertz CT molecular complexity index is 847. The minimum atomic E-state index is -0.657. The van der Waals surface area contributed by atoms with E-state index in [0.717, 1.165) is 13.0 Å². The lowest BCUT2D eigenvalue weighted by Gasteiger charge is -2.25. The Morgan fingerprint density at radius 3 is 2.52 bits per heavy atom. The molecule has 0 saturated carbocycles. The Morgan fingerprint density at radius 2 is 1.89 bits per heavy atom. The van der Waals surface area contributed by atoms with Crippen LogP contribution in [0, 0.1) is 0 Å². The van der Waals surface area contributed by atoms with Gasteiger partial charge in [-0.2, -0.15) is 0 Å². The molecule has 6 nitrogen and oxygen atoms in total. The van der Waals surface area contributed by atoms with Gasteiger partial charge in [0.05, 0.1) is 11.6 Å². The van der Waals surface area contributed by atoms with Crippen molar-refractivity contribution < 1.29 is 14.7 Å². The lowest BCUT2D eigenvalue weighted by Crippen LogP contribution is -2.32. The van der Waals surface area contributed by atoms with Crippen LogP contribution in [0.2, 0.25) is 0 Å². The zero-order chi connectivity index (χ0) is 19.4. The van der Waals surface area contributed by atoms with Crippen LogP contribution < -0.4 is 0 Å². The minimum absolute atomic E-state index is 0.115. The first-order valence-electron chi connectivity index (χ1n) is 8.89. The molecule has 0 bridgehead atoms. The van der Waals surface area contributed by atoms with Gasteiger partial charge in [0.1, 0.15) is 5.76 Å². The van der Waals surface area contributed by atoms with E-state index in [2.05, 4.69) is 4.98 Å². The van der Waals surface area contributed by atoms with Gasteiger partial charge in [-0.05, 0) is 38.7 Å². The third kappa shape index (κ3) is 3.90. The van der Waals surface area contributed by atoms with E-state index >= 15 is 0 Å². The molecule has 0 radical (unpaired) electrons. The number of benzene rings is 1. The third-order valence-electron chi connectivity index (χ3n) is 4.59. The van der Waals surface area contributed by atoms with Crippen LogP contribution in [0.15, 0.2) is 60.4 Å². The van der Waals surface area contributed by atoms with E-state index in [1.807, 2.05) is 31.1 Å². The van der Waals surface area contributed by atoms with E-state index in [-0.39, 0.29) is 11.3 Å². The highest BCUT2D eigenvalue weighted by molar-refractivity contribution is 6.46. The van der Waals surface area contributed by atoms with E-state index in [1.54, 1.807) is 42.7 Å². The SMILES string of the molecule is CN(C)CCCN1C(=O)C(=O)/C(=C(/O)c2ccccc2)[C@@H]1c1cccnc1. The van der Waals surface area contributed by atoms with Crippen molar-refractivity contribution in [3.63, 3.8) is 0 Å². The Kier molecular flexibility index (Phi) is 5.66. The predicted molar refractivity (Wildman–Crippen MR) is 103 cm³/mol. The van der Waals surface area contributed by atoms with Crippen molar-refractivity contribution in [2.75, 3.05) is 27.2 Å². The van der Waals surface area contributed by atoms with Crippen LogP contribution in [0.4, 0.5) is 0 Å². The molecule has 1 fully saturated rings. The van der Waals surface area contributed by atoms with Crippen LogP contribution in [-0.4, -0.2) is 58.8 Å². The minimum Gasteiger partial charge on any atom is -0.507 e. The van der Waals surface area contributed by atoms with Gasteiger partial charge in [-0.3, -0.25) is 14.6 Å². The van der Waals surface area contributed by atoms with Crippen molar-refractivity contribution in [1.82, 2.24) is 14.8 Å². The number of hydrogen-bond donors (Lipinski definition) is 1. The maximum atomic E-state index is 12.8. The number of aliphatic hydroxyl groups is 1. The fourth-order valence-electron chi connectivity index (χ4n) is 3.30. The quantitative estimate of drug-likeness (QED) is 0.484. The maximum Gasteiger partial charge on any atom is 0.295 e. The summed E-state index contributed by atoms with van der Waals surface area (Å²) >= 11 is 0. The highest BCUT2D eigenvalue weighted by Crippen LogP contribution is 2.39. The molecule has 0 unspecified atom stereocenters. The third-order valence-corrected chi connectivity index (χ3v) is 4.59. The summed E-state index contributed by atoms with van der Waals surface area (Å²) in [6, 6.07) is 11.8. The summed E-state index contributed by atoms with van der Waals surface area (Å²) in [4.78, 5) is 33.2. The van der Waals surface area contributed by atoms with Crippen LogP contribution in [-0.2, 0) is 9.59 Å². The number of rotatable bonds is 6. The van der Waals surface area contributed by atoms with Crippen LogP contribution in [0.3, 0.4) is 0 Å². The first-order valence-corrected chi connectivity index (χ1v) is 8.89. The van der Waals surface area contributed by atoms with Gasteiger partial charge >= 0.3 is 0 Å². The van der Waals surface area contributed by atoms with E-state index in [4.69, 9.17) is 0 Å². The molecule has 3 rings (SSSR count). The topological polar surface area (TPSA) is 73.7 Å². The Labute approximate surface area is 158 Å². The van der Waals surface area contributed by atoms with Gasteiger partial charge in [-0.1, -0.05) is 36.4 Å². The summed E-state index contributed by atoms with van der Waals surface area (Å²) in [6.07, 6.45) is 3.99. The summed E-state index contributed by atoms with van der Waals surface area (Å²) in [5, 5.41) is 10.8. The first-order chi connectivity index (χ1) is 13.0. The number of pyridine rings is 1. The molecule has 1 aliphatic rings. The van der Waals surface area contributed by atoms with Gasteiger partial charge < -0.3 is 14.9 Å². The Hall–Kier alpha value is -2.99. The van der Waals surface area contributed by atoms with Gasteiger partial charge in [0.25, 0.3) is 11.7 Å². The second-order valence-corrected chi connectivity index (χ2v) is 6.80. The standard InChI is InChI=1S/C21H23N3O3/c1-23(2)12-7-13-24-18(16-10-6-11-22-14-16)17(20(26)21(24)27)19(25)15-8-4-3-5-9-15/h3-6,8-11,14,18,25H,7,12-13H2,1-2H3/b19-17+/t18-/m0/s1. The fourth-order valence-corrected chi connectivity index (χ4v) is 3.30. The predicted octanol–water partition coefficient (Wildman–Crippen LogP) is 2.46. The van der Waals surface area contributed by atoms with Gasteiger partial charge in [-0.15, -0.1) is 0 Å². The van der Waals surface area contributed by atoms with Crippen molar-refractivity contribution in [3.05, 3.63) is 71.6 Å². The smallest absolute Gasteiger partial charge is 0.295 e. The highest BCUT2D eigenvalue weighted by atomic mass is 16.3. The number of likely N-dealkylation sites (tertiary alicyclic amines) is 1. The van der Waals surface area contributed by atoms with Gasteiger partial charge in [0.2, 0.25) is 0 Å². The molecule has 2 aromatic rings. The number of nitrogens with zero attached hydrogens (tertiary/aromatic N) is 3. The van der Waals surface area contributed by atoms with Crippen molar-refractivity contribution in [1.29, 1.82) is 0 Å². The van der Waals surface area contributed by atoms with Crippen LogP contribution in [0.25, 0.3) is 5.76 Å². The molecule has 27 heavy (non-hydrogen) atoms. The molecule has 0 aliphatic carbocycles. The number of carbonyl (C=O) groups excluding carboxylic acids is 2. The Balaban J connectivity index is 2.05. The second kappa shape index (κ2) is 8.14. The molecule has 140 valence electrons. The van der Waals surface area contributed by atoms with Crippen molar-refractivity contribution in [2.24, 2.45) is 0 Å².